The summed E-state index contributed by atoms with van der Waals surface area (Å²) in [6.07, 6.45) is 1.98. The van der Waals surface area contributed by atoms with Crippen molar-refractivity contribution < 1.29 is 14.3 Å². The van der Waals surface area contributed by atoms with Crippen molar-refractivity contribution in [3.05, 3.63) is 66.2 Å². The molecule has 1 unspecified atom stereocenters. The van der Waals surface area contributed by atoms with Gasteiger partial charge in [-0.05, 0) is 24.1 Å². The quantitative estimate of drug-likeness (QED) is 0.511. The summed E-state index contributed by atoms with van der Waals surface area (Å²) in [4.78, 5) is 29.6. The van der Waals surface area contributed by atoms with Gasteiger partial charge in [0.2, 0.25) is 5.91 Å². The molecule has 7 nitrogen and oxygen atoms in total. The minimum absolute atomic E-state index is 0.0259. The molecule has 7 heteroatoms. The number of carbonyl (C=O) groups excluding carboxylic acids is 2. The number of anilines is 1. The van der Waals surface area contributed by atoms with Crippen LogP contribution in [0.2, 0.25) is 0 Å². The Balaban J connectivity index is 1.55. The molecule has 1 fully saturated rings. The van der Waals surface area contributed by atoms with Gasteiger partial charge in [0.1, 0.15) is 0 Å². The monoisotopic (exact) mass is 452 g/mol. The maximum absolute atomic E-state index is 13.1. The minimum atomic E-state index is -0.416. The maximum atomic E-state index is 13.1. The van der Waals surface area contributed by atoms with Gasteiger partial charge in [-0.15, -0.1) is 0 Å². The lowest BCUT2D eigenvalue weighted by atomic mass is 10.1. The smallest absolute Gasteiger partial charge is 0.407 e. The van der Waals surface area contributed by atoms with Crippen LogP contribution in [-0.4, -0.2) is 62.3 Å². The van der Waals surface area contributed by atoms with Crippen molar-refractivity contribution in [3.63, 3.8) is 0 Å². The van der Waals surface area contributed by atoms with Crippen molar-refractivity contribution in [1.82, 2.24) is 15.5 Å². The number of hydrogen-bond donors (Lipinski definition) is 2. The Kier molecular flexibility index (Phi) is 10.0. The van der Waals surface area contributed by atoms with E-state index in [4.69, 9.17) is 4.74 Å². The van der Waals surface area contributed by atoms with Crippen LogP contribution in [0.1, 0.15) is 31.7 Å². The van der Waals surface area contributed by atoms with Gasteiger partial charge in [0.25, 0.3) is 0 Å². The van der Waals surface area contributed by atoms with Gasteiger partial charge in [0, 0.05) is 51.4 Å². The molecule has 0 spiro atoms. The van der Waals surface area contributed by atoms with E-state index in [1.807, 2.05) is 48.5 Å². The number of para-hydroxylation sites is 1. The number of piperazine rings is 1. The Hall–Kier alpha value is -3.06. The Morgan fingerprint density at radius 1 is 0.939 bits per heavy atom. The molecule has 3 rings (SSSR count). The summed E-state index contributed by atoms with van der Waals surface area (Å²) in [7, 11) is 0. The molecule has 178 valence electrons. The molecular weight excluding hydrogens is 416 g/mol. The molecule has 1 atom stereocenters. The first kappa shape index (κ1) is 24.6. The van der Waals surface area contributed by atoms with Crippen LogP contribution in [0.25, 0.3) is 0 Å². The summed E-state index contributed by atoms with van der Waals surface area (Å²) >= 11 is 0. The van der Waals surface area contributed by atoms with Crippen LogP contribution in [0.5, 0.6) is 0 Å². The van der Waals surface area contributed by atoms with Crippen molar-refractivity contribution in [2.75, 3.05) is 44.2 Å². The molecular formula is C26H36N4O3. The highest BCUT2D eigenvalue weighted by atomic mass is 16.5. The topological polar surface area (TPSA) is 73.9 Å². The summed E-state index contributed by atoms with van der Waals surface area (Å²) < 4.78 is 5.35. The molecule has 0 bridgehead atoms. The highest BCUT2D eigenvalue weighted by Crippen LogP contribution is 2.18. The molecule has 2 amide bonds. The third-order valence-electron chi connectivity index (χ3n) is 5.91. The van der Waals surface area contributed by atoms with Crippen LogP contribution < -0.4 is 15.5 Å². The lowest BCUT2D eigenvalue weighted by molar-refractivity contribution is -0.127. The van der Waals surface area contributed by atoms with E-state index in [1.54, 1.807) is 0 Å². The SMILES string of the molecule is CCCCNC(=O)OCCC(C(=O)NCc1ccccc1)N1CCN(c2ccccc2)CC1. The van der Waals surface area contributed by atoms with Crippen LogP contribution in [-0.2, 0) is 16.1 Å². The molecule has 2 N–H and O–H groups in total. The predicted molar refractivity (Wildman–Crippen MR) is 131 cm³/mol. The first-order chi connectivity index (χ1) is 16.2. The van der Waals surface area contributed by atoms with E-state index in [9.17, 15) is 9.59 Å². The summed E-state index contributed by atoms with van der Waals surface area (Å²) in [6.45, 7) is 6.64. The third-order valence-corrected chi connectivity index (χ3v) is 5.91. The lowest BCUT2D eigenvalue weighted by Crippen LogP contribution is -2.55. The number of benzene rings is 2. The minimum Gasteiger partial charge on any atom is -0.449 e. The summed E-state index contributed by atoms with van der Waals surface area (Å²) in [5.41, 5.74) is 2.26. The number of nitrogens with zero attached hydrogens (tertiary/aromatic N) is 2. The molecule has 2 aromatic rings. The van der Waals surface area contributed by atoms with Gasteiger partial charge in [0.15, 0.2) is 0 Å². The second-order valence-electron chi connectivity index (χ2n) is 8.28. The molecule has 1 aliphatic heterocycles. The van der Waals surface area contributed by atoms with Crippen molar-refractivity contribution in [2.24, 2.45) is 0 Å². The van der Waals surface area contributed by atoms with Crippen LogP contribution in [0.3, 0.4) is 0 Å². The van der Waals surface area contributed by atoms with Crippen LogP contribution in [0.4, 0.5) is 10.5 Å². The number of alkyl carbamates (subject to hydrolysis) is 1. The van der Waals surface area contributed by atoms with Crippen LogP contribution >= 0.6 is 0 Å². The Morgan fingerprint density at radius 3 is 2.27 bits per heavy atom. The molecule has 0 aliphatic carbocycles. The third kappa shape index (κ3) is 8.09. The Labute approximate surface area is 197 Å². The Bertz CT molecular complexity index is 839. The zero-order valence-corrected chi connectivity index (χ0v) is 19.5. The number of ether oxygens (including phenoxy) is 1. The van der Waals surface area contributed by atoms with E-state index in [0.29, 0.717) is 19.5 Å². The van der Waals surface area contributed by atoms with Crippen molar-refractivity contribution >= 4 is 17.7 Å². The van der Waals surface area contributed by atoms with Gasteiger partial charge >= 0.3 is 6.09 Å². The maximum Gasteiger partial charge on any atom is 0.407 e. The first-order valence-corrected chi connectivity index (χ1v) is 11.9. The van der Waals surface area contributed by atoms with E-state index in [2.05, 4.69) is 39.5 Å². The van der Waals surface area contributed by atoms with Gasteiger partial charge in [0.05, 0.1) is 12.6 Å². The molecule has 33 heavy (non-hydrogen) atoms. The number of hydrogen-bond acceptors (Lipinski definition) is 5. The van der Waals surface area contributed by atoms with E-state index in [0.717, 1.165) is 44.6 Å². The number of nitrogens with one attached hydrogen (secondary N) is 2. The average Bonchev–Trinajstić information content (AvgIpc) is 2.87. The van der Waals surface area contributed by atoms with Crippen molar-refractivity contribution in [1.29, 1.82) is 0 Å². The largest absolute Gasteiger partial charge is 0.449 e. The number of rotatable bonds is 11. The highest BCUT2D eigenvalue weighted by Gasteiger charge is 2.29. The Morgan fingerprint density at radius 2 is 1.61 bits per heavy atom. The zero-order valence-electron chi connectivity index (χ0n) is 19.5. The molecule has 1 aliphatic rings. The number of amides is 2. The first-order valence-electron chi connectivity index (χ1n) is 11.9. The molecule has 0 aromatic heterocycles. The van der Waals surface area contributed by atoms with Crippen LogP contribution in [0.15, 0.2) is 60.7 Å². The second-order valence-corrected chi connectivity index (χ2v) is 8.28. The van der Waals surface area contributed by atoms with E-state index in [1.165, 1.54) is 5.69 Å². The molecule has 0 saturated carbocycles. The standard InChI is InChI=1S/C26H36N4O3/c1-2-3-15-27-26(32)33-20-14-24(25(31)28-21-22-10-6-4-7-11-22)30-18-16-29(17-19-30)23-12-8-5-9-13-23/h4-13,24H,2-3,14-21H2,1H3,(H,27,32)(H,28,31). The van der Waals surface area contributed by atoms with Gasteiger partial charge in [-0.1, -0.05) is 61.9 Å². The summed E-state index contributed by atoms with van der Waals surface area (Å²) in [6, 6.07) is 19.9. The molecule has 2 aromatic carbocycles. The molecule has 1 heterocycles. The van der Waals surface area contributed by atoms with Crippen molar-refractivity contribution in [3.8, 4) is 0 Å². The van der Waals surface area contributed by atoms with Gasteiger partial charge in [-0.2, -0.15) is 0 Å². The second kappa shape index (κ2) is 13.5. The molecule has 0 radical (unpaired) electrons. The predicted octanol–water partition coefficient (Wildman–Crippen LogP) is 3.41. The fourth-order valence-corrected chi connectivity index (χ4v) is 3.99. The fraction of sp³-hybridized carbons (Fsp3) is 0.462. The average molecular weight is 453 g/mol. The van der Waals surface area contributed by atoms with E-state index < -0.39 is 6.09 Å². The van der Waals surface area contributed by atoms with Gasteiger partial charge in [-0.3, -0.25) is 9.69 Å². The summed E-state index contributed by atoms with van der Waals surface area (Å²) in [5, 5.41) is 5.82. The fourth-order valence-electron chi connectivity index (χ4n) is 3.99. The number of unbranched alkanes of at least 4 members (excludes halogenated alkanes) is 1. The van der Waals surface area contributed by atoms with Gasteiger partial charge < -0.3 is 20.3 Å². The zero-order chi connectivity index (χ0) is 23.3. The molecule has 1 saturated heterocycles. The van der Waals surface area contributed by atoms with Crippen LogP contribution in [0, 0.1) is 0 Å². The van der Waals surface area contributed by atoms with E-state index in [-0.39, 0.29) is 18.6 Å². The van der Waals surface area contributed by atoms with Crippen molar-refractivity contribution in [2.45, 2.75) is 38.8 Å². The lowest BCUT2D eigenvalue weighted by Gasteiger charge is -2.39. The summed E-state index contributed by atoms with van der Waals surface area (Å²) in [5.74, 6) is -0.0259. The number of carbonyl (C=O) groups is 2. The van der Waals surface area contributed by atoms with Gasteiger partial charge in [-0.25, -0.2) is 4.79 Å². The van der Waals surface area contributed by atoms with E-state index >= 15 is 0 Å². The normalized spacial score (nSPS) is 15.0. The highest BCUT2D eigenvalue weighted by molar-refractivity contribution is 5.81.